The van der Waals surface area contributed by atoms with E-state index in [2.05, 4.69) is 58.6 Å². The molecule has 14 nitrogen and oxygen atoms in total. The summed E-state index contributed by atoms with van der Waals surface area (Å²) < 4.78 is 6.30. The molecule has 0 radical (unpaired) electrons. The van der Waals surface area contributed by atoms with Gasteiger partial charge >= 0.3 is 11.1 Å². The van der Waals surface area contributed by atoms with Crippen LogP contribution in [0.3, 0.4) is 0 Å². The van der Waals surface area contributed by atoms with Crippen molar-refractivity contribution >= 4 is 22.7 Å². The van der Waals surface area contributed by atoms with Crippen molar-refractivity contribution < 1.29 is 19.3 Å². The number of pyridine rings is 4. The van der Waals surface area contributed by atoms with Crippen LogP contribution in [0.2, 0.25) is 0 Å². The lowest BCUT2D eigenvalue weighted by Crippen LogP contribution is -2.40. The molecule has 0 amide bonds. The number of unbranched alkanes of at least 4 members (excludes halogenated alkanes) is 1. The fraction of sp³-hybridized carbons (Fsp3) is 0.385. The minimum absolute atomic E-state index is 0.0865. The van der Waals surface area contributed by atoms with Crippen LogP contribution in [-0.2, 0) is 13.1 Å². The molecule has 6 aromatic rings. The van der Waals surface area contributed by atoms with E-state index in [0.29, 0.717) is 65.7 Å². The molecule has 1 atom stereocenters. The van der Waals surface area contributed by atoms with Gasteiger partial charge in [-0.25, -0.2) is 0 Å². The van der Waals surface area contributed by atoms with Crippen molar-refractivity contribution in [2.24, 2.45) is 26.4 Å². The van der Waals surface area contributed by atoms with Gasteiger partial charge in [-0.3, -0.25) is 18.7 Å². The molecule has 0 aliphatic rings. The Morgan fingerprint density at radius 1 is 0.576 bits per heavy atom. The van der Waals surface area contributed by atoms with Gasteiger partial charge in [0, 0.05) is 43.3 Å². The third kappa shape index (κ3) is 11.6. The van der Waals surface area contributed by atoms with E-state index in [1.807, 2.05) is 123 Å². The molecule has 2 N–H and O–H groups in total. The molecule has 0 bridgehead atoms. The molecule has 346 valence electrons. The van der Waals surface area contributed by atoms with Crippen LogP contribution >= 0.6 is 0 Å². The number of hydrogen-bond acceptors (Lipinski definition) is 10. The highest BCUT2D eigenvalue weighted by Crippen LogP contribution is 2.40. The number of aromatic nitrogens is 4. The molecule has 4 heterocycles. The minimum Gasteiger partial charge on any atom is -0.493 e. The van der Waals surface area contributed by atoms with Crippen molar-refractivity contribution in [2.45, 2.75) is 85.2 Å². The Balaban J connectivity index is 1.31. The highest BCUT2D eigenvalue weighted by atomic mass is 16.3. The van der Waals surface area contributed by atoms with E-state index < -0.39 is 0 Å². The third-order valence-electron chi connectivity index (χ3n) is 12.1. The molecule has 14 heteroatoms. The van der Waals surface area contributed by atoms with Crippen LogP contribution in [0.15, 0.2) is 140 Å². The molecule has 66 heavy (non-hydrogen) atoms. The number of nitrogens with zero attached hydrogens (tertiary/aromatic N) is 10. The van der Waals surface area contributed by atoms with Crippen LogP contribution in [-0.4, -0.2) is 70.4 Å². The zero-order valence-corrected chi connectivity index (χ0v) is 39.8. The Morgan fingerprint density at radius 3 is 1.32 bits per heavy atom. The standard InChI is InChI=1S/C52H64N10O4/c1-9-11-20-39(10-2)44(40-21-25-42(26-22-40)53-55-45-37(3)47(59-31-14-12-15-32-59)51(65)61(49(45)63)35-18-29-57(5)6)41-23-27-43(28-24-41)54-56-46-38(4)48(60-33-16-13-17-34-60)52(66)62(50(46)64)36-19-30-58(7)8/h12-17,21-28,31-34,39,44H,9-11,18-20,29-30,35-36H2,1-8H3/p+2. The summed E-state index contributed by atoms with van der Waals surface area (Å²) in [4.78, 5) is 31.7. The number of rotatable bonds is 21. The smallest absolute Gasteiger partial charge is 0.326 e. The quantitative estimate of drug-likeness (QED) is 0.0543. The summed E-state index contributed by atoms with van der Waals surface area (Å²) in [6, 6.07) is 27.4. The molecule has 0 aliphatic carbocycles. The van der Waals surface area contributed by atoms with Gasteiger partial charge in [0.15, 0.2) is 36.2 Å². The molecule has 6 rings (SSSR count). The average molecular weight is 895 g/mol. The molecule has 2 aromatic carbocycles. The van der Waals surface area contributed by atoms with Crippen molar-refractivity contribution in [3.05, 3.63) is 153 Å². The van der Waals surface area contributed by atoms with E-state index in [-0.39, 0.29) is 40.2 Å². The van der Waals surface area contributed by atoms with Crippen LogP contribution in [0.25, 0.3) is 11.4 Å². The second-order valence-corrected chi connectivity index (χ2v) is 17.5. The largest absolute Gasteiger partial charge is 0.493 e. The zero-order valence-electron chi connectivity index (χ0n) is 39.8. The summed E-state index contributed by atoms with van der Waals surface area (Å²) >= 11 is 0. The fourth-order valence-electron chi connectivity index (χ4n) is 8.55. The minimum atomic E-state index is -0.292. The van der Waals surface area contributed by atoms with Gasteiger partial charge in [0.2, 0.25) is 11.8 Å². The first kappa shape index (κ1) is 48.8. The Labute approximate surface area is 388 Å². The number of benzene rings is 2. The van der Waals surface area contributed by atoms with Crippen molar-refractivity contribution in [2.75, 3.05) is 41.3 Å². The first-order valence-corrected chi connectivity index (χ1v) is 23.0. The van der Waals surface area contributed by atoms with Gasteiger partial charge in [0.05, 0.1) is 22.5 Å². The molecular formula is C52H66N10O4+2. The lowest BCUT2D eigenvalue weighted by Gasteiger charge is -2.27. The SMILES string of the molecule is CCCCC(CC)C(c1ccc(N=Nc2c(C)c(-[n+]3ccccc3)c(=O)n(CCCN(C)C)c2O)cc1)c1ccc(N=Nc2c(C)c(-[n+]3ccccc3)c(=O)n(CCCN(C)C)c2O)cc1. The van der Waals surface area contributed by atoms with E-state index in [1.54, 1.807) is 23.0 Å². The first-order valence-electron chi connectivity index (χ1n) is 23.0. The van der Waals surface area contributed by atoms with Crippen molar-refractivity contribution in [3.8, 4) is 23.1 Å². The summed E-state index contributed by atoms with van der Waals surface area (Å²) in [6.45, 7) is 10.2. The Bertz CT molecular complexity index is 2530. The van der Waals surface area contributed by atoms with Crippen molar-refractivity contribution in [1.82, 2.24) is 18.9 Å². The summed E-state index contributed by atoms with van der Waals surface area (Å²) in [7, 11) is 7.91. The Hall–Kier alpha value is -6.64. The first-order chi connectivity index (χ1) is 31.8. The van der Waals surface area contributed by atoms with Crippen LogP contribution in [0, 0.1) is 19.8 Å². The second kappa shape index (κ2) is 23.0. The predicted molar refractivity (Wildman–Crippen MR) is 260 cm³/mol. The van der Waals surface area contributed by atoms with E-state index in [0.717, 1.165) is 49.9 Å². The monoisotopic (exact) mass is 895 g/mol. The molecule has 0 aliphatic heterocycles. The molecule has 0 saturated carbocycles. The van der Waals surface area contributed by atoms with Gasteiger partial charge in [-0.1, -0.05) is 69.5 Å². The Kier molecular flexibility index (Phi) is 17.0. The normalized spacial score (nSPS) is 12.8. The third-order valence-corrected chi connectivity index (χ3v) is 12.1. The highest BCUT2D eigenvalue weighted by molar-refractivity contribution is 5.60. The summed E-state index contributed by atoms with van der Waals surface area (Å²) in [5.41, 5.74) is 5.32. The molecule has 0 fully saturated rings. The number of aromatic hydroxyl groups is 2. The van der Waals surface area contributed by atoms with E-state index >= 15 is 0 Å². The lowest BCUT2D eigenvalue weighted by molar-refractivity contribution is -0.597. The molecule has 0 saturated heterocycles. The van der Waals surface area contributed by atoms with E-state index in [9.17, 15) is 19.8 Å². The van der Waals surface area contributed by atoms with Gasteiger partial charge in [-0.05, 0) is 116 Å². The topological polar surface area (TPSA) is 148 Å². The summed E-state index contributed by atoms with van der Waals surface area (Å²) in [5.74, 6) is 0.0470. The lowest BCUT2D eigenvalue weighted by atomic mass is 9.77. The molecule has 1 unspecified atom stereocenters. The van der Waals surface area contributed by atoms with Crippen LogP contribution in [0.5, 0.6) is 11.8 Å². The average Bonchev–Trinajstić information content (AvgIpc) is 3.31. The van der Waals surface area contributed by atoms with Gasteiger partial charge in [-0.2, -0.15) is 19.4 Å². The molecule has 0 spiro atoms. The molecular weight excluding hydrogens is 829 g/mol. The summed E-state index contributed by atoms with van der Waals surface area (Å²) in [6.07, 6.45) is 12.9. The van der Waals surface area contributed by atoms with Gasteiger partial charge in [0.1, 0.15) is 0 Å². The zero-order chi connectivity index (χ0) is 47.3. The van der Waals surface area contributed by atoms with Gasteiger partial charge in [0.25, 0.3) is 11.4 Å². The van der Waals surface area contributed by atoms with Crippen LogP contribution in [0.1, 0.15) is 80.5 Å². The maximum absolute atomic E-state index is 13.8. The highest BCUT2D eigenvalue weighted by Gasteiger charge is 2.28. The van der Waals surface area contributed by atoms with Gasteiger partial charge in [-0.15, -0.1) is 10.2 Å². The number of hydrogen-bond donors (Lipinski definition) is 2. The summed E-state index contributed by atoms with van der Waals surface area (Å²) in [5, 5.41) is 41.3. The molecule has 4 aromatic heterocycles. The second-order valence-electron chi connectivity index (χ2n) is 17.5. The van der Waals surface area contributed by atoms with Gasteiger partial charge < -0.3 is 20.0 Å². The van der Waals surface area contributed by atoms with Crippen molar-refractivity contribution in [1.29, 1.82) is 0 Å². The fourth-order valence-corrected chi connectivity index (χ4v) is 8.55. The van der Waals surface area contributed by atoms with E-state index in [4.69, 9.17) is 0 Å². The maximum Gasteiger partial charge on any atom is 0.326 e. The number of azo groups is 2. The van der Waals surface area contributed by atoms with Crippen LogP contribution < -0.4 is 20.3 Å². The maximum atomic E-state index is 13.8. The van der Waals surface area contributed by atoms with E-state index in [1.165, 1.54) is 9.13 Å². The predicted octanol–water partition coefficient (Wildman–Crippen LogP) is 9.67. The van der Waals surface area contributed by atoms with Crippen molar-refractivity contribution in [3.63, 3.8) is 0 Å². The Morgan fingerprint density at radius 2 is 0.970 bits per heavy atom. The van der Waals surface area contributed by atoms with Crippen LogP contribution in [0.4, 0.5) is 22.7 Å².